The monoisotopic (exact) mass is 191 g/mol. The average Bonchev–Trinajstić information content (AvgIpc) is 2.48. The van der Waals surface area contributed by atoms with Crippen LogP contribution in [0.15, 0.2) is 0 Å². The minimum Gasteiger partial charge on any atom is -0.468 e. The molecule has 1 saturated heterocycles. The van der Waals surface area contributed by atoms with Crippen LogP contribution < -0.4 is 5.32 Å². The second kappa shape index (κ2) is 2.41. The van der Waals surface area contributed by atoms with E-state index in [0.717, 1.165) is 0 Å². The summed E-state index contributed by atoms with van der Waals surface area (Å²) in [5, 5.41) is 2.76. The van der Waals surface area contributed by atoms with Gasteiger partial charge in [-0.25, -0.2) is 8.78 Å². The molecule has 1 heterocycles. The number of carbonyl (C=O) groups is 1. The van der Waals surface area contributed by atoms with Crippen LogP contribution in [0.4, 0.5) is 8.78 Å². The van der Waals surface area contributed by atoms with E-state index in [2.05, 4.69) is 10.1 Å². The number of nitrogens with one attached hydrogen (secondary N) is 1. The lowest BCUT2D eigenvalue weighted by Crippen LogP contribution is -2.39. The van der Waals surface area contributed by atoms with E-state index >= 15 is 0 Å². The molecule has 0 radical (unpaired) electrons. The lowest BCUT2D eigenvalue weighted by molar-refractivity contribution is -0.145. The van der Waals surface area contributed by atoms with Gasteiger partial charge in [0.1, 0.15) is 6.04 Å². The second-order valence-corrected chi connectivity index (χ2v) is 3.70. The smallest absolute Gasteiger partial charge is 0.323 e. The third kappa shape index (κ3) is 0.995. The average molecular weight is 191 g/mol. The molecule has 2 rings (SSSR count). The van der Waals surface area contributed by atoms with Crippen LogP contribution >= 0.6 is 0 Å². The third-order valence-electron chi connectivity index (χ3n) is 3.05. The number of rotatable bonds is 1. The molecule has 2 atom stereocenters. The highest BCUT2D eigenvalue weighted by Crippen LogP contribution is 2.66. The molecule has 2 fully saturated rings. The summed E-state index contributed by atoms with van der Waals surface area (Å²) >= 11 is 0. The van der Waals surface area contributed by atoms with E-state index in [1.54, 1.807) is 0 Å². The zero-order valence-corrected chi connectivity index (χ0v) is 7.27. The molecular weight excluding hydrogens is 180 g/mol. The number of carbonyl (C=O) groups excluding carboxylic acids is 1. The molecule has 1 spiro atoms. The summed E-state index contributed by atoms with van der Waals surface area (Å²) in [6.07, 6.45) is 0.173. The fourth-order valence-corrected chi connectivity index (χ4v) is 2.14. The maximum atomic E-state index is 13.0. The van der Waals surface area contributed by atoms with Gasteiger partial charge in [-0.3, -0.25) is 4.79 Å². The fourth-order valence-electron chi connectivity index (χ4n) is 2.14. The van der Waals surface area contributed by atoms with Crippen LogP contribution in [0, 0.1) is 5.41 Å². The fraction of sp³-hybridized carbons (Fsp3) is 0.875. The Balaban J connectivity index is 2.18. The van der Waals surface area contributed by atoms with Gasteiger partial charge in [0.2, 0.25) is 0 Å². The second-order valence-electron chi connectivity index (χ2n) is 3.70. The van der Waals surface area contributed by atoms with Gasteiger partial charge < -0.3 is 10.1 Å². The first-order valence-electron chi connectivity index (χ1n) is 4.22. The number of hydrogen-bond donors (Lipinski definition) is 1. The highest BCUT2D eigenvalue weighted by molar-refractivity contribution is 5.78. The van der Waals surface area contributed by atoms with Crippen molar-refractivity contribution >= 4 is 5.97 Å². The Morgan fingerprint density at radius 3 is 2.69 bits per heavy atom. The van der Waals surface area contributed by atoms with Crippen molar-refractivity contribution in [3.8, 4) is 0 Å². The molecule has 1 saturated carbocycles. The van der Waals surface area contributed by atoms with E-state index in [-0.39, 0.29) is 6.42 Å². The summed E-state index contributed by atoms with van der Waals surface area (Å²) in [5.74, 6) is -3.26. The Morgan fingerprint density at radius 1 is 1.62 bits per heavy atom. The number of ether oxygens (including phenoxy) is 1. The molecule has 5 heteroatoms. The molecule has 2 aliphatic rings. The third-order valence-corrected chi connectivity index (χ3v) is 3.05. The highest BCUT2D eigenvalue weighted by Gasteiger charge is 2.77. The van der Waals surface area contributed by atoms with Crippen molar-refractivity contribution in [2.75, 3.05) is 13.7 Å². The van der Waals surface area contributed by atoms with E-state index in [4.69, 9.17) is 0 Å². The summed E-state index contributed by atoms with van der Waals surface area (Å²) in [6.45, 7) is 0.468. The summed E-state index contributed by atoms with van der Waals surface area (Å²) in [6, 6.07) is -0.813. The highest BCUT2D eigenvalue weighted by atomic mass is 19.3. The molecule has 1 N–H and O–H groups in total. The number of methoxy groups -OCH3 is 1. The Morgan fingerprint density at radius 2 is 2.23 bits per heavy atom. The van der Waals surface area contributed by atoms with Gasteiger partial charge in [-0.05, 0) is 13.0 Å². The summed E-state index contributed by atoms with van der Waals surface area (Å²) in [4.78, 5) is 11.1. The summed E-state index contributed by atoms with van der Waals surface area (Å²) in [7, 11) is 1.22. The van der Waals surface area contributed by atoms with Crippen LogP contribution in [0.3, 0.4) is 0 Å². The first-order chi connectivity index (χ1) is 6.03. The molecule has 1 aliphatic heterocycles. The molecule has 1 aliphatic carbocycles. The number of hydrogen-bond acceptors (Lipinski definition) is 3. The topological polar surface area (TPSA) is 38.3 Å². The van der Waals surface area contributed by atoms with Gasteiger partial charge >= 0.3 is 5.97 Å². The lowest BCUT2D eigenvalue weighted by atomic mass is 9.97. The number of alkyl halides is 2. The SMILES string of the molecule is COC(=O)C1NCCC12CC2(F)F. The molecule has 2 unspecified atom stereocenters. The van der Waals surface area contributed by atoms with E-state index in [9.17, 15) is 13.6 Å². The Labute approximate surface area is 74.4 Å². The van der Waals surface area contributed by atoms with Crippen LogP contribution in [0.5, 0.6) is 0 Å². The van der Waals surface area contributed by atoms with E-state index in [1.807, 2.05) is 0 Å². The molecule has 0 aromatic heterocycles. The van der Waals surface area contributed by atoms with Crippen LogP contribution in [-0.2, 0) is 9.53 Å². The van der Waals surface area contributed by atoms with Gasteiger partial charge in [0, 0.05) is 6.42 Å². The molecular formula is C8H11F2NO2. The summed E-state index contributed by atoms with van der Waals surface area (Å²) in [5.41, 5.74) is -1.14. The number of halogens is 2. The quantitative estimate of drug-likeness (QED) is 0.615. The van der Waals surface area contributed by atoms with Crippen molar-refractivity contribution in [1.82, 2.24) is 5.32 Å². The van der Waals surface area contributed by atoms with Gasteiger partial charge in [-0.2, -0.15) is 0 Å². The van der Waals surface area contributed by atoms with Crippen molar-refractivity contribution in [2.24, 2.45) is 5.41 Å². The van der Waals surface area contributed by atoms with Gasteiger partial charge in [0.25, 0.3) is 5.92 Å². The zero-order chi connectivity index (χ0) is 9.69. The molecule has 0 bridgehead atoms. The van der Waals surface area contributed by atoms with Crippen LogP contribution in [0.1, 0.15) is 12.8 Å². The maximum Gasteiger partial charge on any atom is 0.323 e. The van der Waals surface area contributed by atoms with Gasteiger partial charge in [0.05, 0.1) is 12.5 Å². The first kappa shape index (κ1) is 8.87. The van der Waals surface area contributed by atoms with Crippen LogP contribution in [0.25, 0.3) is 0 Å². The molecule has 3 nitrogen and oxygen atoms in total. The standard InChI is InChI=1S/C8H11F2NO2/c1-13-6(12)5-7(2-3-11-5)4-8(7,9)10/h5,11H,2-4H2,1H3. The van der Waals surface area contributed by atoms with Crippen LogP contribution in [-0.4, -0.2) is 31.6 Å². The molecule has 13 heavy (non-hydrogen) atoms. The molecule has 74 valence electrons. The largest absolute Gasteiger partial charge is 0.468 e. The Kier molecular flexibility index (Phi) is 1.64. The summed E-state index contributed by atoms with van der Waals surface area (Å²) < 4.78 is 30.5. The first-order valence-corrected chi connectivity index (χ1v) is 4.22. The lowest BCUT2D eigenvalue weighted by Gasteiger charge is -2.15. The van der Waals surface area contributed by atoms with Crippen molar-refractivity contribution in [1.29, 1.82) is 0 Å². The van der Waals surface area contributed by atoms with Crippen LogP contribution in [0.2, 0.25) is 0 Å². The minimum absolute atomic E-state index is 0.188. The zero-order valence-electron chi connectivity index (χ0n) is 7.27. The predicted molar refractivity (Wildman–Crippen MR) is 40.4 cm³/mol. The minimum atomic E-state index is -2.69. The number of esters is 1. The van der Waals surface area contributed by atoms with E-state index < -0.39 is 23.3 Å². The van der Waals surface area contributed by atoms with Crippen molar-refractivity contribution < 1.29 is 18.3 Å². The molecule has 0 aromatic carbocycles. The van der Waals surface area contributed by atoms with Gasteiger partial charge in [-0.1, -0.05) is 0 Å². The molecule has 0 aromatic rings. The normalized spacial score (nSPS) is 40.7. The van der Waals surface area contributed by atoms with Crippen molar-refractivity contribution in [3.63, 3.8) is 0 Å². The molecule has 0 amide bonds. The van der Waals surface area contributed by atoms with Gasteiger partial charge in [0.15, 0.2) is 0 Å². The Bertz CT molecular complexity index is 253. The Hall–Kier alpha value is -0.710. The van der Waals surface area contributed by atoms with Crippen molar-refractivity contribution in [3.05, 3.63) is 0 Å². The van der Waals surface area contributed by atoms with E-state index in [1.165, 1.54) is 7.11 Å². The van der Waals surface area contributed by atoms with Gasteiger partial charge in [-0.15, -0.1) is 0 Å². The predicted octanol–water partition coefficient (Wildman–Crippen LogP) is 0.547. The van der Waals surface area contributed by atoms with Crippen molar-refractivity contribution in [2.45, 2.75) is 24.8 Å². The maximum absolute atomic E-state index is 13.0. The van der Waals surface area contributed by atoms with E-state index in [0.29, 0.717) is 13.0 Å².